The quantitative estimate of drug-likeness (QED) is 0.273. The topological polar surface area (TPSA) is 69.3 Å². The molecule has 2 heterocycles. The summed E-state index contributed by atoms with van der Waals surface area (Å²) < 4.78 is 27.1. The molecule has 0 aliphatic rings. The van der Waals surface area contributed by atoms with E-state index >= 15 is 0 Å². The number of amides is 1. The molecular formula is C28H29ClFN3O3. The lowest BCUT2D eigenvalue weighted by Crippen LogP contribution is -2.12. The predicted molar refractivity (Wildman–Crippen MR) is 138 cm³/mol. The molecule has 8 heteroatoms. The van der Waals surface area contributed by atoms with Crippen molar-refractivity contribution in [3.8, 4) is 5.75 Å². The number of anilines is 1. The Morgan fingerprint density at radius 2 is 1.94 bits per heavy atom. The molecule has 0 atom stereocenters. The van der Waals surface area contributed by atoms with Crippen molar-refractivity contribution in [2.24, 2.45) is 0 Å². The second-order valence-electron chi connectivity index (χ2n) is 9.14. The van der Waals surface area contributed by atoms with Gasteiger partial charge in [0.1, 0.15) is 23.9 Å². The van der Waals surface area contributed by atoms with E-state index in [0.29, 0.717) is 28.7 Å². The molecule has 6 nitrogen and oxygen atoms in total. The molecule has 0 radical (unpaired) electrons. The number of aromatic nitrogens is 2. The Hall–Kier alpha value is -3.58. The number of hydrogen-bond donors (Lipinski definition) is 1. The van der Waals surface area contributed by atoms with E-state index < -0.39 is 0 Å². The van der Waals surface area contributed by atoms with Crippen molar-refractivity contribution in [3.05, 3.63) is 99.0 Å². The molecule has 36 heavy (non-hydrogen) atoms. The summed E-state index contributed by atoms with van der Waals surface area (Å²) in [7, 11) is 0. The summed E-state index contributed by atoms with van der Waals surface area (Å²) in [5, 5.41) is 8.10. The number of rotatable bonds is 8. The summed E-state index contributed by atoms with van der Waals surface area (Å²) in [4.78, 5) is 12.9. The fourth-order valence-corrected chi connectivity index (χ4v) is 4.16. The third kappa shape index (κ3) is 5.62. The molecular weight excluding hydrogens is 481 g/mol. The van der Waals surface area contributed by atoms with Crippen LogP contribution < -0.4 is 10.1 Å². The highest BCUT2D eigenvalue weighted by molar-refractivity contribution is 6.31. The van der Waals surface area contributed by atoms with Gasteiger partial charge in [-0.25, -0.2) is 4.39 Å². The van der Waals surface area contributed by atoms with Crippen molar-refractivity contribution in [2.75, 3.05) is 5.32 Å². The van der Waals surface area contributed by atoms with Crippen LogP contribution in [0, 0.1) is 26.6 Å². The van der Waals surface area contributed by atoms with E-state index in [4.69, 9.17) is 20.8 Å². The molecule has 0 saturated heterocycles. The molecule has 188 valence electrons. The minimum atomic E-state index is -0.386. The van der Waals surface area contributed by atoms with Crippen molar-refractivity contribution < 1.29 is 18.3 Å². The molecule has 2 aromatic heterocycles. The predicted octanol–water partition coefficient (Wildman–Crippen LogP) is 7.20. The Bertz CT molecular complexity index is 1410. The van der Waals surface area contributed by atoms with Gasteiger partial charge in [-0.1, -0.05) is 37.6 Å². The van der Waals surface area contributed by atoms with Crippen LogP contribution in [-0.2, 0) is 13.2 Å². The highest BCUT2D eigenvalue weighted by Crippen LogP contribution is 2.32. The second kappa shape index (κ2) is 10.6. The maximum atomic E-state index is 13.5. The number of nitrogens with one attached hydrogen (secondary N) is 1. The zero-order valence-electron chi connectivity index (χ0n) is 21.0. The number of aryl methyl sites for hydroxylation is 2. The van der Waals surface area contributed by atoms with Gasteiger partial charge in [0, 0.05) is 5.02 Å². The number of benzene rings is 2. The zero-order chi connectivity index (χ0) is 26.0. The van der Waals surface area contributed by atoms with Gasteiger partial charge in [0.15, 0.2) is 5.76 Å². The Labute approximate surface area is 215 Å². The first-order valence-corrected chi connectivity index (χ1v) is 12.1. The molecule has 2 aromatic carbocycles. The molecule has 0 spiro atoms. The monoisotopic (exact) mass is 509 g/mol. The number of carbonyl (C=O) groups excluding carboxylic acids is 1. The van der Waals surface area contributed by atoms with Crippen LogP contribution in [0.3, 0.4) is 0 Å². The molecule has 0 aliphatic heterocycles. The van der Waals surface area contributed by atoms with Crippen LogP contribution in [0.5, 0.6) is 5.75 Å². The van der Waals surface area contributed by atoms with Gasteiger partial charge in [-0.05, 0) is 79.8 Å². The van der Waals surface area contributed by atoms with Crippen LogP contribution in [0.4, 0.5) is 10.1 Å². The lowest BCUT2D eigenvalue weighted by Gasteiger charge is -2.15. The Morgan fingerprint density at radius 1 is 1.17 bits per heavy atom. The van der Waals surface area contributed by atoms with Gasteiger partial charge in [-0.15, -0.1) is 0 Å². The molecule has 1 N–H and O–H groups in total. The van der Waals surface area contributed by atoms with E-state index in [1.54, 1.807) is 22.9 Å². The van der Waals surface area contributed by atoms with Crippen LogP contribution in [0.25, 0.3) is 0 Å². The van der Waals surface area contributed by atoms with Crippen LogP contribution >= 0.6 is 11.6 Å². The standard InChI is InChI=1S/C28H29ClFN3O3/c1-16(2)23-13-24(29)17(3)11-26(23)35-15-22-9-10-25(36-22)28(34)31-27-18(4)32-33(19(27)5)14-20-7-6-8-21(30)12-20/h6-13,16H,14-15H2,1-5H3,(H,31,34). The van der Waals surface area contributed by atoms with Crippen LogP contribution in [-0.4, -0.2) is 15.7 Å². The number of nitrogens with zero attached hydrogens (tertiary/aromatic N) is 2. The SMILES string of the molecule is Cc1cc(OCc2ccc(C(=O)Nc3c(C)nn(Cc4cccc(F)c4)c3C)o2)c(C(C)C)cc1Cl. The van der Waals surface area contributed by atoms with E-state index in [1.165, 1.54) is 12.1 Å². The average Bonchev–Trinajstić information content (AvgIpc) is 3.40. The summed E-state index contributed by atoms with van der Waals surface area (Å²) in [5.74, 6) is 0.990. The normalized spacial score (nSPS) is 11.2. The maximum absolute atomic E-state index is 13.5. The van der Waals surface area contributed by atoms with Crippen molar-refractivity contribution in [3.63, 3.8) is 0 Å². The summed E-state index contributed by atoms with van der Waals surface area (Å²) in [6.45, 7) is 10.3. The van der Waals surface area contributed by atoms with E-state index in [2.05, 4.69) is 24.3 Å². The number of furan rings is 1. The summed E-state index contributed by atoms with van der Waals surface area (Å²) >= 11 is 6.28. The minimum Gasteiger partial charge on any atom is -0.485 e. The second-order valence-corrected chi connectivity index (χ2v) is 9.54. The van der Waals surface area contributed by atoms with Crippen molar-refractivity contribution in [2.45, 2.75) is 53.7 Å². The summed E-state index contributed by atoms with van der Waals surface area (Å²) in [6, 6.07) is 13.6. The average molecular weight is 510 g/mol. The van der Waals surface area contributed by atoms with E-state index in [1.807, 2.05) is 39.0 Å². The summed E-state index contributed by atoms with van der Waals surface area (Å²) in [6.07, 6.45) is 0. The van der Waals surface area contributed by atoms with Crippen LogP contribution in [0.2, 0.25) is 5.02 Å². The minimum absolute atomic E-state index is 0.168. The van der Waals surface area contributed by atoms with E-state index in [9.17, 15) is 9.18 Å². The fourth-order valence-electron chi connectivity index (χ4n) is 3.99. The van der Waals surface area contributed by atoms with Crippen molar-refractivity contribution in [1.82, 2.24) is 9.78 Å². The summed E-state index contributed by atoms with van der Waals surface area (Å²) in [5.41, 5.74) is 4.75. The van der Waals surface area contributed by atoms with Gasteiger partial charge in [0.2, 0.25) is 0 Å². The van der Waals surface area contributed by atoms with Gasteiger partial charge in [-0.2, -0.15) is 5.10 Å². The zero-order valence-corrected chi connectivity index (χ0v) is 21.7. The highest BCUT2D eigenvalue weighted by atomic mass is 35.5. The van der Waals surface area contributed by atoms with Crippen LogP contribution in [0.1, 0.15) is 64.2 Å². The van der Waals surface area contributed by atoms with Gasteiger partial charge < -0.3 is 14.5 Å². The number of ether oxygens (including phenoxy) is 1. The lowest BCUT2D eigenvalue weighted by molar-refractivity contribution is 0.0992. The van der Waals surface area contributed by atoms with Gasteiger partial charge in [0.25, 0.3) is 5.91 Å². The molecule has 0 fully saturated rings. The lowest BCUT2D eigenvalue weighted by atomic mass is 10.0. The fraction of sp³-hybridized carbons (Fsp3) is 0.286. The first-order chi connectivity index (χ1) is 17.1. The van der Waals surface area contributed by atoms with E-state index in [-0.39, 0.29) is 30.0 Å². The van der Waals surface area contributed by atoms with Crippen LogP contribution in [0.15, 0.2) is 52.9 Å². The third-order valence-corrected chi connectivity index (χ3v) is 6.42. The molecule has 4 rings (SSSR count). The largest absolute Gasteiger partial charge is 0.485 e. The molecule has 0 bridgehead atoms. The van der Waals surface area contributed by atoms with Crippen molar-refractivity contribution in [1.29, 1.82) is 0 Å². The Balaban J connectivity index is 1.44. The molecule has 0 aliphatic carbocycles. The molecule has 0 saturated carbocycles. The number of halogens is 2. The Kier molecular flexibility index (Phi) is 7.50. The van der Waals surface area contributed by atoms with Gasteiger partial charge >= 0.3 is 0 Å². The third-order valence-electron chi connectivity index (χ3n) is 6.01. The first-order valence-electron chi connectivity index (χ1n) is 11.7. The number of hydrogen-bond acceptors (Lipinski definition) is 4. The van der Waals surface area contributed by atoms with Gasteiger partial charge in [0.05, 0.1) is 23.6 Å². The molecule has 4 aromatic rings. The van der Waals surface area contributed by atoms with Crippen molar-refractivity contribution >= 4 is 23.2 Å². The smallest absolute Gasteiger partial charge is 0.291 e. The molecule has 1 amide bonds. The first kappa shape index (κ1) is 25.5. The Morgan fingerprint density at radius 3 is 2.67 bits per heavy atom. The van der Waals surface area contributed by atoms with E-state index in [0.717, 1.165) is 28.1 Å². The highest BCUT2D eigenvalue weighted by Gasteiger charge is 2.19. The number of carbonyl (C=O) groups is 1. The van der Waals surface area contributed by atoms with Gasteiger partial charge in [-0.3, -0.25) is 9.48 Å². The maximum Gasteiger partial charge on any atom is 0.291 e. The molecule has 0 unspecified atom stereocenters.